The lowest BCUT2D eigenvalue weighted by Gasteiger charge is -2.18. The molecule has 2 heterocycles. The summed E-state index contributed by atoms with van der Waals surface area (Å²) >= 11 is 3.40. The first-order valence-corrected chi connectivity index (χ1v) is 15.0. The lowest BCUT2D eigenvalue weighted by atomic mass is 10.2. The number of rotatable bonds is 10. The van der Waals surface area contributed by atoms with Crippen LogP contribution in [0.1, 0.15) is 31.7 Å². The number of anilines is 1. The average Bonchev–Trinajstić information content (AvgIpc) is 3.38. The number of thioether (sulfide) groups is 1. The minimum Gasteiger partial charge on any atom is -0.497 e. The van der Waals surface area contributed by atoms with E-state index in [0.717, 1.165) is 56.0 Å². The molecule has 1 aliphatic heterocycles. The first kappa shape index (κ1) is 26.5. The molecule has 0 fully saturated rings. The molecule has 1 N–H and O–H groups in total. The van der Waals surface area contributed by atoms with Crippen LogP contribution in [0.3, 0.4) is 0 Å². The summed E-state index contributed by atoms with van der Waals surface area (Å²) in [6, 6.07) is 12.1. The first-order chi connectivity index (χ1) is 17.3. The van der Waals surface area contributed by atoms with Gasteiger partial charge < -0.3 is 14.4 Å². The molecule has 0 radical (unpaired) electrons. The number of methoxy groups -OCH3 is 2. The summed E-state index contributed by atoms with van der Waals surface area (Å²) in [5.41, 5.74) is 3.30. The molecule has 36 heavy (non-hydrogen) atoms. The fraction of sp³-hybridized carbons (Fsp3) is 0.346. The summed E-state index contributed by atoms with van der Waals surface area (Å²) in [5, 5.41) is 2.18. The van der Waals surface area contributed by atoms with Gasteiger partial charge in [0.25, 0.3) is 15.1 Å². The van der Waals surface area contributed by atoms with Crippen molar-refractivity contribution < 1.29 is 27.0 Å². The minimum absolute atomic E-state index is 0.279. The second-order valence-corrected chi connectivity index (χ2v) is 12.0. The molecule has 0 spiro atoms. The van der Waals surface area contributed by atoms with Crippen molar-refractivity contribution in [2.24, 2.45) is 0 Å². The van der Waals surface area contributed by atoms with Crippen molar-refractivity contribution in [1.29, 1.82) is 0 Å². The Bertz CT molecular complexity index is 1430. The molecule has 1 aliphatic rings. The Balaban J connectivity index is 1.72. The Labute approximate surface area is 220 Å². The van der Waals surface area contributed by atoms with E-state index in [9.17, 15) is 13.0 Å². The third kappa shape index (κ3) is 5.88. The van der Waals surface area contributed by atoms with E-state index in [1.54, 1.807) is 37.3 Å². The normalized spacial score (nSPS) is 15.1. The summed E-state index contributed by atoms with van der Waals surface area (Å²) in [5.74, 6) is 1.30. The fourth-order valence-corrected chi connectivity index (χ4v) is 6.98. The van der Waals surface area contributed by atoms with Crippen LogP contribution in [0.2, 0.25) is 0 Å². The van der Waals surface area contributed by atoms with Crippen molar-refractivity contribution in [3.05, 3.63) is 58.1 Å². The number of hydrogen-bond donors (Lipinski definition) is 1. The SMILES string of the molecule is CCC(=Cc1sc2ccc(OC)cc2[n+]1CCCS(=O)(=O)O)/C=C1\Sc2ccc(OC)cc2N1CC. The highest BCUT2D eigenvalue weighted by Crippen LogP contribution is 2.47. The number of hydrogen-bond acceptors (Lipinski definition) is 7. The quantitative estimate of drug-likeness (QED) is 0.256. The molecule has 1 aromatic heterocycles. The molecule has 7 nitrogen and oxygen atoms in total. The predicted molar refractivity (Wildman–Crippen MR) is 148 cm³/mol. The average molecular weight is 548 g/mol. The number of thiazole rings is 1. The lowest BCUT2D eigenvalue weighted by molar-refractivity contribution is -0.668. The van der Waals surface area contributed by atoms with Gasteiger partial charge in [-0.15, -0.1) is 0 Å². The number of allylic oxidation sites excluding steroid dienone is 2. The van der Waals surface area contributed by atoms with Gasteiger partial charge in [0.2, 0.25) is 5.52 Å². The van der Waals surface area contributed by atoms with Crippen LogP contribution in [-0.2, 0) is 16.7 Å². The van der Waals surface area contributed by atoms with Gasteiger partial charge in [-0.2, -0.15) is 13.0 Å². The molecule has 2 aromatic carbocycles. The third-order valence-corrected chi connectivity index (χ3v) is 9.03. The number of nitrogens with zero attached hydrogens (tertiary/aromatic N) is 2. The summed E-state index contributed by atoms with van der Waals surface area (Å²) in [6.45, 7) is 5.58. The Morgan fingerprint density at radius 3 is 2.50 bits per heavy atom. The van der Waals surface area contributed by atoms with E-state index < -0.39 is 10.1 Å². The minimum atomic E-state index is -4.02. The van der Waals surface area contributed by atoms with Crippen molar-refractivity contribution in [3.63, 3.8) is 0 Å². The van der Waals surface area contributed by atoms with Gasteiger partial charge >= 0.3 is 0 Å². The predicted octanol–water partition coefficient (Wildman–Crippen LogP) is 5.75. The number of aromatic nitrogens is 1. The van der Waals surface area contributed by atoms with Crippen molar-refractivity contribution in [2.45, 2.75) is 38.1 Å². The van der Waals surface area contributed by atoms with Crippen molar-refractivity contribution >= 4 is 55.2 Å². The molecule has 10 heteroatoms. The van der Waals surface area contributed by atoms with E-state index in [1.165, 1.54) is 4.90 Å². The molecule has 3 aromatic rings. The van der Waals surface area contributed by atoms with Crippen LogP contribution < -0.4 is 18.9 Å². The van der Waals surface area contributed by atoms with Crippen LogP contribution in [-0.4, -0.2) is 39.5 Å². The van der Waals surface area contributed by atoms with E-state index in [4.69, 9.17) is 9.47 Å². The highest BCUT2D eigenvalue weighted by atomic mass is 32.2. The molecule has 0 bridgehead atoms. The topological polar surface area (TPSA) is 80.0 Å². The van der Waals surface area contributed by atoms with Crippen LogP contribution in [0.25, 0.3) is 16.3 Å². The van der Waals surface area contributed by atoms with Gasteiger partial charge in [-0.05, 0) is 49.3 Å². The van der Waals surface area contributed by atoms with Crippen LogP contribution in [0.15, 0.2) is 58.0 Å². The van der Waals surface area contributed by atoms with Crippen LogP contribution in [0, 0.1) is 0 Å². The number of fused-ring (bicyclic) bond motifs is 2. The van der Waals surface area contributed by atoms with Gasteiger partial charge in [-0.1, -0.05) is 30.0 Å². The van der Waals surface area contributed by atoms with Crippen molar-refractivity contribution in [1.82, 2.24) is 0 Å². The number of benzene rings is 2. The Morgan fingerprint density at radius 1 is 1.11 bits per heavy atom. The number of aryl methyl sites for hydroxylation is 1. The van der Waals surface area contributed by atoms with Gasteiger partial charge in [-0.25, -0.2) is 0 Å². The van der Waals surface area contributed by atoms with Gasteiger partial charge in [-0.3, -0.25) is 4.55 Å². The van der Waals surface area contributed by atoms with E-state index in [2.05, 4.69) is 47.6 Å². The second-order valence-electron chi connectivity index (χ2n) is 8.30. The van der Waals surface area contributed by atoms with E-state index in [1.807, 2.05) is 24.3 Å². The van der Waals surface area contributed by atoms with Crippen LogP contribution in [0.4, 0.5) is 5.69 Å². The maximum Gasteiger partial charge on any atom is 0.265 e. The molecule has 0 saturated heterocycles. The molecule has 0 unspecified atom stereocenters. The molecule has 0 aliphatic carbocycles. The van der Waals surface area contributed by atoms with E-state index >= 15 is 0 Å². The molecule has 192 valence electrons. The van der Waals surface area contributed by atoms with Gasteiger partial charge in [0.05, 0.1) is 36.8 Å². The summed E-state index contributed by atoms with van der Waals surface area (Å²) < 4.78 is 45.9. The van der Waals surface area contributed by atoms with E-state index in [0.29, 0.717) is 13.0 Å². The Morgan fingerprint density at radius 2 is 1.83 bits per heavy atom. The maximum atomic E-state index is 11.3. The zero-order valence-electron chi connectivity index (χ0n) is 20.9. The summed E-state index contributed by atoms with van der Waals surface area (Å²) in [4.78, 5) is 3.50. The molecule has 0 saturated carbocycles. The summed E-state index contributed by atoms with van der Waals surface area (Å²) in [6.07, 6.45) is 5.56. The standard InChI is InChI=1S/C26H30N2O5S3/c1-5-18(14-25-27(6-2)21-16-19(32-3)8-10-23(21)34-25)15-26-28(12-7-13-36(29,30)31)22-17-20(33-4)9-11-24(22)35-26/h8-11,14-17H,5-7,12-13H2,1-4H3/p+1. The van der Waals surface area contributed by atoms with Crippen molar-refractivity contribution in [2.75, 3.05) is 31.4 Å². The van der Waals surface area contributed by atoms with Crippen LogP contribution in [0.5, 0.6) is 11.5 Å². The largest absolute Gasteiger partial charge is 0.497 e. The van der Waals surface area contributed by atoms with Crippen LogP contribution >= 0.6 is 23.1 Å². The molecule has 4 rings (SSSR count). The molecular formula is C26H31N2O5S3+. The summed E-state index contributed by atoms with van der Waals surface area (Å²) in [7, 11) is -0.706. The highest BCUT2D eigenvalue weighted by Gasteiger charge is 2.25. The van der Waals surface area contributed by atoms with Gasteiger partial charge in [0, 0.05) is 30.0 Å². The fourth-order valence-electron chi connectivity index (χ4n) is 4.16. The molecule has 0 atom stereocenters. The zero-order valence-corrected chi connectivity index (χ0v) is 23.3. The zero-order chi connectivity index (χ0) is 25.9. The smallest absolute Gasteiger partial charge is 0.265 e. The highest BCUT2D eigenvalue weighted by molar-refractivity contribution is 8.03. The van der Waals surface area contributed by atoms with Crippen molar-refractivity contribution in [3.8, 4) is 11.5 Å². The third-order valence-electron chi connectivity index (χ3n) is 6.00. The molecule has 0 amide bonds. The van der Waals surface area contributed by atoms with Gasteiger partial charge in [0.1, 0.15) is 16.2 Å². The monoisotopic (exact) mass is 547 g/mol. The first-order valence-electron chi connectivity index (χ1n) is 11.8. The Hall–Kier alpha value is -2.53. The van der Waals surface area contributed by atoms with E-state index in [-0.39, 0.29) is 5.75 Å². The maximum absolute atomic E-state index is 11.3. The lowest BCUT2D eigenvalue weighted by Crippen LogP contribution is -2.36. The number of ether oxygens (including phenoxy) is 2. The second kappa shape index (κ2) is 11.2. The van der Waals surface area contributed by atoms with Gasteiger partial charge in [0.15, 0.2) is 6.54 Å². The Kier molecular flexibility index (Phi) is 8.29. The molecular weight excluding hydrogens is 516 g/mol.